The van der Waals surface area contributed by atoms with Crippen LogP contribution >= 0.6 is 0 Å². The monoisotopic (exact) mass is 647 g/mol. The molecular weight excluding hydrogens is 610 g/mol. The highest BCUT2D eigenvalue weighted by Crippen LogP contribution is 2.33. The second-order valence-electron chi connectivity index (χ2n) is 11.4. The predicted octanol–water partition coefficient (Wildman–Crippen LogP) is 7.19. The van der Waals surface area contributed by atoms with Crippen LogP contribution in [0.3, 0.4) is 0 Å². The average molecular weight is 648 g/mol. The van der Waals surface area contributed by atoms with Gasteiger partial charge in [-0.3, -0.25) is 19.2 Å². The van der Waals surface area contributed by atoms with Gasteiger partial charge in [0, 0.05) is 29.4 Å². The SMILES string of the molecule is COc1ccc(N(C)C(=O)c2ccc(OC(=O)C3CCC(C(=O)Oc4ccc(OC)cc4/C=C/C(=O)c4ccccc4)CC3)cc2)cc1. The highest BCUT2D eigenvalue weighted by molar-refractivity contribution is 6.07. The van der Waals surface area contributed by atoms with E-state index in [0.29, 0.717) is 71.1 Å². The van der Waals surface area contributed by atoms with Gasteiger partial charge in [0.2, 0.25) is 0 Å². The molecule has 4 aromatic rings. The lowest BCUT2D eigenvalue weighted by atomic mass is 9.82. The van der Waals surface area contributed by atoms with Crippen molar-refractivity contribution in [3.8, 4) is 23.0 Å². The molecule has 0 N–H and O–H groups in total. The summed E-state index contributed by atoms with van der Waals surface area (Å²) in [6, 6.07) is 27.5. The third-order valence-corrected chi connectivity index (χ3v) is 8.38. The van der Waals surface area contributed by atoms with Crippen LogP contribution in [-0.4, -0.2) is 44.9 Å². The summed E-state index contributed by atoms with van der Waals surface area (Å²) in [7, 11) is 4.80. The van der Waals surface area contributed by atoms with Gasteiger partial charge in [0.05, 0.1) is 26.1 Å². The molecule has 1 amide bonds. The number of benzene rings is 4. The summed E-state index contributed by atoms with van der Waals surface area (Å²) in [4.78, 5) is 53.2. The van der Waals surface area contributed by atoms with Crippen molar-refractivity contribution in [3.63, 3.8) is 0 Å². The van der Waals surface area contributed by atoms with E-state index in [1.807, 2.05) is 6.07 Å². The van der Waals surface area contributed by atoms with E-state index in [9.17, 15) is 19.2 Å². The Morgan fingerprint density at radius 3 is 1.81 bits per heavy atom. The lowest BCUT2D eigenvalue weighted by Crippen LogP contribution is -2.30. The van der Waals surface area contributed by atoms with Crippen molar-refractivity contribution in [1.82, 2.24) is 0 Å². The molecule has 1 aliphatic carbocycles. The maximum Gasteiger partial charge on any atom is 0.314 e. The molecule has 246 valence electrons. The topological polar surface area (TPSA) is 108 Å². The third kappa shape index (κ3) is 8.36. The fraction of sp³-hybridized carbons (Fsp3) is 0.231. The Hall–Kier alpha value is -5.70. The van der Waals surface area contributed by atoms with Gasteiger partial charge in [-0.05, 0) is 105 Å². The first-order valence-electron chi connectivity index (χ1n) is 15.7. The number of ether oxygens (including phenoxy) is 4. The van der Waals surface area contributed by atoms with Crippen molar-refractivity contribution in [1.29, 1.82) is 0 Å². The van der Waals surface area contributed by atoms with Crippen molar-refractivity contribution < 1.29 is 38.1 Å². The van der Waals surface area contributed by atoms with Gasteiger partial charge in [-0.2, -0.15) is 0 Å². The van der Waals surface area contributed by atoms with E-state index in [1.54, 1.807) is 111 Å². The van der Waals surface area contributed by atoms with Gasteiger partial charge >= 0.3 is 11.9 Å². The number of nitrogens with zero attached hydrogens (tertiary/aromatic N) is 1. The Morgan fingerprint density at radius 2 is 1.21 bits per heavy atom. The number of anilines is 1. The van der Waals surface area contributed by atoms with E-state index >= 15 is 0 Å². The number of rotatable bonds is 11. The normalized spacial score (nSPS) is 15.7. The lowest BCUT2D eigenvalue weighted by molar-refractivity contribution is -0.145. The van der Waals surface area contributed by atoms with E-state index in [-0.39, 0.29) is 29.5 Å². The number of allylic oxidation sites excluding steroid dienone is 1. The second-order valence-corrected chi connectivity index (χ2v) is 11.4. The van der Waals surface area contributed by atoms with Crippen molar-refractivity contribution in [2.24, 2.45) is 11.8 Å². The average Bonchev–Trinajstić information content (AvgIpc) is 3.14. The number of carbonyl (C=O) groups excluding carboxylic acids is 4. The molecule has 1 fully saturated rings. The lowest BCUT2D eigenvalue weighted by Gasteiger charge is -2.26. The molecule has 0 aliphatic heterocycles. The number of ketones is 1. The van der Waals surface area contributed by atoms with E-state index in [2.05, 4.69) is 0 Å². The Balaban J connectivity index is 1.13. The molecule has 0 unspecified atom stereocenters. The minimum absolute atomic E-state index is 0.178. The van der Waals surface area contributed by atoms with Crippen LogP contribution in [0.4, 0.5) is 5.69 Å². The summed E-state index contributed by atoms with van der Waals surface area (Å²) < 4.78 is 21.9. The Bertz CT molecular complexity index is 1770. The summed E-state index contributed by atoms with van der Waals surface area (Å²) in [5.41, 5.74) is 2.24. The fourth-order valence-electron chi connectivity index (χ4n) is 5.48. The molecule has 5 rings (SSSR count). The first-order valence-corrected chi connectivity index (χ1v) is 15.7. The van der Waals surface area contributed by atoms with Crippen LogP contribution in [0.25, 0.3) is 6.08 Å². The Labute approximate surface area is 279 Å². The summed E-state index contributed by atoms with van der Waals surface area (Å²) in [5, 5.41) is 0. The molecule has 9 nitrogen and oxygen atoms in total. The van der Waals surface area contributed by atoms with Crippen LogP contribution in [0.2, 0.25) is 0 Å². The molecule has 9 heteroatoms. The number of carbonyl (C=O) groups is 4. The molecule has 1 aliphatic rings. The minimum atomic E-state index is -0.393. The van der Waals surface area contributed by atoms with Crippen LogP contribution in [0.15, 0.2) is 103 Å². The molecule has 0 radical (unpaired) electrons. The molecule has 0 heterocycles. The van der Waals surface area contributed by atoms with Gasteiger partial charge in [-0.1, -0.05) is 30.3 Å². The van der Waals surface area contributed by atoms with Crippen LogP contribution < -0.4 is 23.8 Å². The van der Waals surface area contributed by atoms with Crippen LogP contribution in [-0.2, 0) is 9.59 Å². The molecule has 0 saturated heterocycles. The summed E-state index contributed by atoms with van der Waals surface area (Å²) in [5.74, 6) is 0.0221. The van der Waals surface area contributed by atoms with Gasteiger partial charge in [-0.15, -0.1) is 0 Å². The van der Waals surface area contributed by atoms with E-state index in [4.69, 9.17) is 18.9 Å². The van der Waals surface area contributed by atoms with Crippen LogP contribution in [0.5, 0.6) is 23.0 Å². The van der Waals surface area contributed by atoms with Gasteiger partial charge in [0.15, 0.2) is 5.78 Å². The zero-order valence-corrected chi connectivity index (χ0v) is 27.1. The smallest absolute Gasteiger partial charge is 0.314 e. The number of hydrogen-bond donors (Lipinski definition) is 0. The first-order chi connectivity index (χ1) is 23.2. The zero-order chi connectivity index (χ0) is 34.0. The summed E-state index contributed by atoms with van der Waals surface area (Å²) in [6.07, 6.45) is 4.93. The van der Waals surface area contributed by atoms with Gasteiger partial charge < -0.3 is 23.8 Å². The standard InChI is InChI=1S/C39H37NO8/c1-40(31-16-20-32(45-2)21-17-31)37(42)27-13-18-33(19-14-27)47-38(43)28-9-11-29(12-10-28)39(44)48-36-24-22-34(46-3)25-30(36)15-23-35(41)26-7-5-4-6-8-26/h4-8,13-25,28-29H,9-12H2,1-3H3/b23-15+. The fourth-order valence-corrected chi connectivity index (χ4v) is 5.48. The number of methoxy groups -OCH3 is 2. The van der Waals surface area contributed by atoms with E-state index < -0.39 is 5.97 Å². The Kier molecular flexibility index (Phi) is 11.0. The predicted molar refractivity (Wildman–Crippen MR) is 182 cm³/mol. The third-order valence-electron chi connectivity index (χ3n) is 8.38. The largest absolute Gasteiger partial charge is 0.497 e. The highest BCUT2D eigenvalue weighted by atomic mass is 16.5. The van der Waals surface area contributed by atoms with E-state index in [0.717, 1.165) is 0 Å². The van der Waals surface area contributed by atoms with E-state index in [1.165, 1.54) is 18.1 Å². The zero-order valence-electron chi connectivity index (χ0n) is 27.1. The number of esters is 2. The highest BCUT2D eigenvalue weighted by Gasteiger charge is 2.32. The quantitative estimate of drug-likeness (QED) is 0.0729. The maximum atomic E-state index is 13.2. The van der Waals surface area contributed by atoms with Gasteiger partial charge in [-0.25, -0.2) is 0 Å². The van der Waals surface area contributed by atoms with Crippen molar-refractivity contribution in [2.75, 3.05) is 26.2 Å². The molecule has 0 bridgehead atoms. The summed E-state index contributed by atoms with van der Waals surface area (Å²) >= 11 is 0. The maximum absolute atomic E-state index is 13.2. The van der Waals surface area contributed by atoms with Crippen LogP contribution in [0.1, 0.15) is 52.0 Å². The minimum Gasteiger partial charge on any atom is -0.497 e. The molecule has 1 saturated carbocycles. The van der Waals surface area contributed by atoms with Crippen molar-refractivity contribution >= 4 is 35.4 Å². The molecule has 0 spiro atoms. The Morgan fingerprint density at radius 1 is 0.646 bits per heavy atom. The second kappa shape index (κ2) is 15.7. The summed E-state index contributed by atoms with van der Waals surface area (Å²) in [6.45, 7) is 0. The van der Waals surface area contributed by atoms with Crippen LogP contribution in [0, 0.1) is 11.8 Å². The van der Waals surface area contributed by atoms with Crippen molar-refractivity contribution in [2.45, 2.75) is 25.7 Å². The first kappa shape index (κ1) is 33.7. The molecule has 48 heavy (non-hydrogen) atoms. The molecule has 4 aromatic carbocycles. The molecular formula is C39H37NO8. The number of amides is 1. The van der Waals surface area contributed by atoms with Gasteiger partial charge in [0.1, 0.15) is 23.0 Å². The van der Waals surface area contributed by atoms with Crippen molar-refractivity contribution in [3.05, 3.63) is 120 Å². The van der Waals surface area contributed by atoms with Gasteiger partial charge in [0.25, 0.3) is 5.91 Å². The molecule has 0 aromatic heterocycles. The molecule has 0 atom stereocenters. The number of hydrogen-bond acceptors (Lipinski definition) is 8.